The highest BCUT2D eigenvalue weighted by Gasteiger charge is 2.53. The standard InChI is InChI=1S/C77H139NO18/c1-3-5-7-9-11-13-15-17-19-21-23-25-27-29-31-32-34-36-38-40-42-44-46-48-50-52-54-61(82)60(78-65(83)55-53-51-49-47-45-43-41-39-37-35-33-30-28-26-24-22-20-18-16-14-12-10-8-6-4-2)59-91-75-71(89)68(86)73(63(57-80)93-75)96-77-72(90)69(87)74(64(58-81)94-77)95-76-70(88)67(85)66(84)62(56-79)92-76/h16,18,22,24,36,38,44,46,52,54,60-64,66-77,79-82,84-90H,3-15,17,19-21,23,25-35,37,39-43,45,47-51,53,55-59H2,1-2H3,(H,78,83)/b18-16-,24-22-,38-36+,46-44+,54-52+. The molecule has 0 spiro atoms. The van der Waals surface area contributed by atoms with Crippen LogP contribution in [0.4, 0.5) is 0 Å². The van der Waals surface area contributed by atoms with Crippen LogP contribution in [0, 0.1) is 0 Å². The molecule has 0 aliphatic carbocycles. The number of amides is 1. The molecule has 3 saturated heterocycles. The Labute approximate surface area is 579 Å². The Morgan fingerprint density at radius 2 is 0.698 bits per heavy atom. The zero-order valence-electron chi connectivity index (χ0n) is 59.6. The molecule has 0 bridgehead atoms. The summed E-state index contributed by atoms with van der Waals surface area (Å²) in [4.78, 5) is 13.4. The summed E-state index contributed by atoms with van der Waals surface area (Å²) in [5.74, 6) is -0.289. The zero-order chi connectivity index (χ0) is 69.6. The van der Waals surface area contributed by atoms with Crippen molar-refractivity contribution in [3.63, 3.8) is 0 Å². The molecule has 0 radical (unpaired) electrons. The minimum atomic E-state index is -1.98. The van der Waals surface area contributed by atoms with Crippen LogP contribution in [0.5, 0.6) is 0 Å². The molecule has 19 nitrogen and oxygen atoms in total. The van der Waals surface area contributed by atoms with Crippen LogP contribution in [0.15, 0.2) is 60.8 Å². The molecule has 17 unspecified atom stereocenters. The Hall–Kier alpha value is -2.51. The van der Waals surface area contributed by atoms with Gasteiger partial charge in [-0.15, -0.1) is 0 Å². The first-order valence-electron chi connectivity index (χ1n) is 38.5. The molecule has 3 fully saturated rings. The summed E-state index contributed by atoms with van der Waals surface area (Å²) >= 11 is 0. The lowest BCUT2D eigenvalue weighted by molar-refractivity contribution is -0.379. The second-order valence-electron chi connectivity index (χ2n) is 27.4. The van der Waals surface area contributed by atoms with Crippen molar-refractivity contribution in [2.24, 2.45) is 0 Å². The number of aliphatic hydroxyl groups is 11. The number of nitrogens with one attached hydrogen (secondary N) is 1. The van der Waals surface area contributed by atoms with Gasteiger partial charge in [-0.1, -0.05) is 267 Å². The fraction of sp³-hybridized carbons (Fsp3) is 0.857. The smallest absolute Gasteiger partial charge is 0.220 e. The maximum atomic E-state index is 13.4. The normalized spacial score (nSPS) is 27.4. The summed E-state index contributed by atoms with van der Waals surface area (Å²) in [5, 5.41) is 121. The fourth-order valence-corrected chi connectivity index (χ4v) is 12.8. The van der Waals surface area contributed by atoms with Gasteiger partial charge in [-0.05, 0) is 77.0 Å². The predicted molar refractivity (Wildman–Crippen MR) is 379 cm³/mol. The van der Waals surface area contributed by atoms with E-state index in [9.17, 15) is 61.0 Å². The van der Waals surface area contributed by atoms with Gasteiger partial charge in [0.05, 0.1) is 38.6 Å². The highest BCUT2D eigenvalue weighted by molar-refractivity contribution is 5.76. The van der Waals surface area contributed by atoms with Gasteiger partial charge in [0.1, 0.15) is 73.2 Å². The van der Waals surface area contributed by atoms with Gasteiger partial charge in [0, 0.05) is 6.42 Å². The summed E-state index contributed by atoms with van der Waals surface area (Å²) < 4.78 is 34.4. The largest absolute Gasteiger partial charge is 0.394 e. The Balaban J connectivity index is 1.42. The van der Waals surface area contributed by atoms with E-state index in [1.807, 2.05) is 6.08 Å². The molecule has 96 heavy (non-hydrogen) atoms. The lowest BCUT2D eigenvalue weighted by Crippen LogP contribution is -2.66. The molecule has 0 aromatic heterocycles. The van der Waals surface area contributed by atoms with Crippen molar-refractivity contribution in [3.8, 4) is 0 Å². The van der Waals surface area contributed by atoms with Gasteiger partial charge in [-0.25, -0.2) is 0 Å². The predicted octanol–water partition coefficient (Wildman–Crippen LogP) is 11.9. The zero-order valence-corrected chi connectivity index (χ0v) is 59.6. The first-order chi connectivity index (χ1) is 46.8. The van der Waals surface area contributed by atoms with Crippen molar-refractivity contribution < 1.29 is 89.4 Å². The van der Waals surface area contributed by atoms with Gasteiger partial charge in [0.2, 0.25) is 5.91 Å². The summed E-state index contributed by atoms with van der Waals surface area (Å²) in [6.45, 7) is 1.73. The number of unbranched alkanes of at least 4 members (excludes halogenated alkanes) is 36. The monoisotopic (exact) mass is 1370 g/mol. The van der Waals surface area contributed by atoms with Crippen molar-refractivity contribution in [2.75, 3.05) is 26.4 Å². The molecule has 3 heterocycles. The molecule has 19 heteroatoms. The number of rotatable bonds is 60. The molecule has 560 valence electrons. The summed E-state index contributed by atoms with van der Waals surface area (Å²) in [6.07, 6.45) is 46.3. The first kappa shape index (κ1) is 87.7. The molecule has 3 aliphatic rings. The number of ether oxygens (including phenoxy) is 6. The maximum absolute atomic E-state index is 13.4. The number of carbonyl (C=O) groups is 1. The molecular formula is C77H139NO18. The molecule has 17 atom stereocenters. The Kier molecular flexibility index (Phi) is 53.0. The van der Waals surface area contributed by atoms with E-state index in [-0.39, 0.29) is 18.9 Å². The lowest BCUT2D eigenvalue weighted by atomic mass is 9.96. The second kappa shape index (κ2) is 58.0. The van der Waals surface area contributed by atoms with Crippen LogP contribution in [0.3, 0.4) is 0 Å². The molecule has 12 N–H and O–H groups in total. The van der Waals surface area contributed by atoms with Crippen LogP contribution in [0.2, 0.25) is 0 Å². The topological polar surface area (TPSA) is 307 Å². The van der Waals surface area contributed by atoms with Gasteiger partial charge in [0.15, 0.2) is 18.9 Å². The molecule has 3 aliphatic heterocycles. The van der Waals surface area contributed by atoms with E-state index in [4.69, 9.17) is 28.4 Å². The third-order valence-corrected chi connectivity index (χ3v) is 19.0. The van der Waals surface area contributed by atoms with Crippen molar-refractivity contribution in [2.45, 2.75) is 394 Å². The number of hydrogen-bond donors (Lipinski definition) is 12. The van der Waals surface area contributed by atoms with Crippen molar-refractivity contribution in [1.82, 2.24) is 5.32 Å². The van der Waals surface area contributed by atoms with Gasteiger partial charge >= 0.3 is 0 Å². The summed E-state index contributed by atoms with van der Waals surface area (Å²) in [7, 11) is 0. The molecule has 1 amide bonds. The summed E-state index contributed by atoms with van der Waals surface area (Å²) in [6, 6.07) is -1.00. The van der Waals surface area contributed by atoms with Crippen LogP contribution in [0.25, 0.3) is 0 Å². The van der Waals surface area contributed by atoms with Gasteiger partial charge in [-0.3, -0.25) is 4.79 Å². The van der Waals surface area contributed by atoms with E-state index in [1.165, 1.54) is 205 Å². The number of carbonyl (C=O) groups excluding carboxylic acids is 1. The molecule has 3 rings (SSSR count). The minimum absolute atomic E-state index is 0.230. The van der Waals surface area contributed by atoms with Gasteiger partial charge < -0.3 is 89.9 Å². The van der Waals surface area contributed by atoms with Crippen LogP contribution in [-0.2, 0) is 33.2 Å². The third-order valence-electron chi connectivity index (χ3n) is 19.0. The van der Waals surface area contributed by atoms with E-state index in [2.05, 4.69) is 67.8 Å². The SMILES string of the molecule is CCCCCCC/C=C\C/C=C\CCCCCCCCCCCCCCCC(=O)NC(COC1OC(CO)C(OC2OC(CO)C(OC3OC(CO)C(O)C(O)C3O)C(O)C2O)C(O)C1O)C(O)/C=C/CC/C=C/CC/C=C/CCCCCCCCCCCCCCCCCC. The Bertz CT molecular complexity index is 1970. The molecule has 0 saturated carbocycles. The Morgan fingerprint density at radius 1 is 0.375 bits per heavy atom. The van der Waals surface area contributed by atoms with Crippen LogP contribution < -0.4 is 5.32 Å². The highest BCUT2D eigenvalue weighted by atomic mass is 16.8. The van der Waals surface area contributed by atoms with Crippen LogP contribution >= 0.6 is 0 Å². The lowest BCUT2D eigenvalue weighted by Gasteiger charge is -2.48. The average Bonchev–Trinajstić information content (AvgIpc) is 0.788. The van der Waals surface area contributed by atoms with E-state index < -0.39 is 124 Å². The molecular weight excluding hydrogens is 1230 g/mol. The number of allylic oxidation sites excluding steroid dienone is 9. The van der Waals surface area contributed by atoms with Crippen LogP contribution in [0.1, 0.15) is 290 Å². The van der Waals surface area contributed by atoms with Crippen LogP contribution in [-0.4, -0.2) is 193 Å². The summed E-state index contributed by atoms with van der Waals surface area (Å²) in [5.41, 5.74) is 0. The van der Waals surface area contributed by atoms with Crippen molar-refractivity contribution in [1.29, 1.82) is 0 Å². The minimum Gasteiger partial charge on any atom is -0.394 e. The second-order valence-corrected chi connectivity index (χ2v) is 27.4. The van der Waals surface area contributed by atoms with E-state index in [1.54, 1.807) is 6.08 Å². The average molecular weight is 1370 g/mol. The van der Waals surface area contributed by atoms with E-state index in [0.29, 0.717) is 12.8 Å². The van der Waals surface area contributed by atoms with E-state index >= 15 is 0 Å². The molecule has 0 aromatic rings. The third kappa shape index (κ3) is 38.5. The first-order valence-corrected chi connectivity index (χ1v) is 38.5. The number of hydrogen-bond acceptors (Lipinski definition) is 18. The number of aliphatic hydroxyl groups excluding tert-OH is 11. The fourth-order valence-electron chi connectivity index (χ4n) is 12.8. The van der Waals surface area contributed by atoms with Gasteiger partial charge in [0.25, 0.3) is 0 Å². The maximum Gasteiger partial charge on any atom is 0.220 e. The quantitative estimate of drug-likeness (QED) is 0.0199. The highest BCUT2D eigenvalue weighted by Crippen LogP contribution is 2.33. The van der Waals surface area contributed by atoms with Gasteiger partial charge in [-0.2, -0.15) is 0 Å². The molecule has 0 aromatic carbocycles. The van der Waals surface area contributed by atoms with E-state index in [0.717, 1.165) is 51.4 Å². The Morgan fingerprint density at radius 3 is 1.10 bits per heavy atom. The van der Waals surface area contributed by atoms with Crippen molar-refractivity contribution in [3.05, 3.63) is 60.8 Å². The van der Waals surface area contributed by atoms with Crippen molar-refractivity contribution >= 4 is 5.91 Å².